The third-order valence-electron chi connectivity index (χ3n) is 3.76. The number of carbonyl (C=O) groups is 2. The quantitative estimate of drug-likeness (QED) is 0.411. The number of carbonyl (C=O) groups excluding carboxylic acids is 2. The minimum absolute atomic E-state index is 0.218. The Balaban J connectivity index is 1.82. The van der Waals surface area contributed by atoms with Crippen LogP contribution >= 0.6 is 46.1 Å². The maximum Gasteiger partial charge on any atom is 0.280 e. The first-order valence-electron chi connectivity index (χ1n) is 8.57. The van der Waals surface area contributed by atoms with Crippen LogP contribution < -0.4 is 15.0 Å². The summed E-state index contributed by atoms with van der Waals surface area (Å²) >= 11 is 18.9. The molecule has 1 aromatic heterocycles. The summed E-state index contributed by atoms with van der Waals surface area (Å²) in [4.78, 5) is 24.5. The number of hydrogen-bond acceptors (Lipinski definition) is 6. The second-order valence-corrected chi connectivity index (χ2v) is 8.29. The molecule has 1 amide bonds. The average molecular weight is 486 g/mol. The topological polar surface area (TPSA) is 85.6 Å². The Morgan fingerprint density at radius 2 is 1.80 bits per heavy atom. The highest BCUT2D eigenvalue weighted by molar-refractivity contribution is 7.10. The predicted molar refractivity (Wildman–Crippen MR) is 117 cm³/mol. The Bertz CT molecular complexity index is 1160. The zero-order chi connectivity index (χ0) is 21.8. The van der Waals surface area contributed by atoms with Crippen LogP contribution in [0.1, 0.15) is 23.6 Å². The van der Waals surface area contributed by atoms with Crippen LogP contribution in [0.5, 0.6) is 5.75 Å². The van der Waals surface area contributed by atoms with Gasteiger partial charge in [0.25, 0.3) is 5.91 Å². The van der Waals surface area contributed by atoms with E-state index in [2.05, 4.69) is 15.6 Å². The van der Waals surface area contributed by atoms with Crippen LogP contribution in [0.2, 0.25) is 15.1 Å². The first kappa shape index (κ1) is 22.3. The summed E-state index contributed by atoms with van der Waals surface area (Å²) in [5.41, 5.74) is 3.06. The van der Waals surface area contributed by atoms with Gasteiger partial charge >= 0.3 is 0 Å². The molecule has 0 bridgehead atoms. The smallest absolute Gasteiger partial charge is 0.280 e. The van der Waals surface area contributed by atoms with E-state index in [0.717, 1.165) is 11.3 Å². The molecule has 11 heteroatoms. The molecular formula is C19H15Cl3N4O3S. The monoisotopic (exact) mass is 484 g/mol. The summed E-state index contributed by atoms with van der Waals surface area (Å²) in [6.45, 7) is 2.95. The van der Waals surface area contributed by atoms with Crippen molar-refractivity contribution in [3.8, 4) is 11.4 Å². The van der Waals surface area contributed by atoms with Crippen molar-refractivity contribution < 1.29 is 14.3 Å². The number of halogens is 3. The standard InChI is InChI=1S/C19H15Cl3N4O3S/c1-10(27)18-25-26(14-6-3-12(20)4-7-14)19(30-18)24-23-17(28)11(2)29-16-8-5-13(21)9-15(16)22/h3-9,11H,1-2H3,(H,23,28). The third-order valence-corrected chi connectivity index (χ3v) is 5.55. The summed E-state index contributed by atoms with van der Waals surface area (Å²) in [7, 11) is 0. The Kier molecular flexibility index (Phi) is 7.14. The van der Waals surface area contributed by atoms with Crippen LogP contribution in [0.15, 0.2) is 47.6 Å². The lowest BCUT2D eigenvalue weighted by molar-refractivity contribution is -0.127. The molecule has 1 heterocycles. The van der Waals surface area contributed by atoms with E-state index in [4.69, 9.17) is 39.5 Å². The molecule has 0 saturated carbocycles. The van der Waals surface area contributed by atoms with Crippen LogP contribution in [0, 0.1) is 0 Å². The molecule has 0 aliphatic heterocycles. The van der Waals surface area contributed by atoms with Gasteiger partial charge in [-0.15, -0.1) is 5.10 Å². The molecule has 0 spiro atoms. The number of ether oxygens (including phenoxy) is 1. The Hall–Kier alpha value is -2.39. The van der Waals surface area contributed by atoms with Crippen LogP contribution in [0.25, 0.3) is 5.69 Å². The van der Waals surface area contributed by atoms with E-state index >= 15 is 0 Å². The fourth-order valence-corrected chi connectivity index (χ4v) is 3.60. The molecule has 1 N–H and O–H groups in total. The van der Waals surface area contributed by atoms with E-state index in [1.807, 2.05) is 0 Å². The van der Waals surface area contributed by atoms with Crippen molar-refractivity contribution in [3.05, 3.63) is 67.3 Å². The van der Waals surface area contributed by atoms with Gasteiger partial charge in [0.05, 0.1) is 10.7 Å². The SMILES string of the molecule is CC(=O)c1nn(-c2ccc(Cl)cc2)c(=NNC(=O)C(C)Oc2ccc(Cl)cc2Cl)s1. The van der Waals surface area contributed by atoms with Crippen molar-refractivity contribution in [1.29, 1.82) is 0 Å². The molecule has 30 heavy (non-hydrogen) atoms. The number of nitrogens with one attached hydrogen (secondary N) is 1. The number of benzene rings is 2. The maximum absolute atomic E-state index is 12.4. The van der Waals surface area contributed by atoms with E-state index in [1.165, 1.54) is 17.7 Å². The molecule has 156 valence electrons. The number of amides is 1. The van der Waals surface area contributed by atoms with Crippen LogP contribution in [-0.2, 0) is 4.79 Å². The maximum atomic E-state index is 12.4. The lowest BCUT2D eigenvalue weighted by atomic mass is 10.3. The third kappa shape index (κ3) is 5.40. The van der Waals surface area contributed by atoms with Gasteiger partial charge < -0.3 is 4.74 Å². The van der Waals surface area contributed by atoms with E-state index in [1.54, 1.807) is 43.3 Å². The molecule has 0 saturated heterocycles. The van der Waals surface area contributed by atoms with Gasteiger partial charge in [0, 0.05) is 17.0 Å². The van der Waals surface area contributed by atoms with Gasteiger partial charge in [0.1, 0.15) is 5.75 Å². The number of hydrogen-bond donors (Lipinski definition) is 1. The summed E-state index contributed by atoms with van der Waals surface area (Å²) in [5.74, 6) is -0.414. The van der Waals surface area contributed by atoms with Gasteiger partial charge in [-0.1, -0.05) is 46.1 Å². The van der Waals surface area contributed by atoms with Crippen molar-refractivity contribution in [2.24, 2.45) is 5.10 Å². The van der Waals surface area contributed by atoms with Gasteiger partial charge in [-0.3, -0.25) is 9.59 Å². The van der Waals surface area contributed by atoms with Crippen molar-refractivity contribution >= 4 is 57.8 Å². The molecule has 1 atom stereocenters. The van der Waals surface area contributed by atoms with Crippen molar-refractivity contribution in [2.45, 2.75) is 20.0 Å². The summed E-state index contributed by atoms with van der Waals surface area (Å²) in [5, 5.41) is 9.91. The van der Waals surface area contributed by atoms with Crippen LogP contribution in [0.3, 0.4) is 0 Å². The minimum Gasteiger partial charge on any atom is -0.479 e. The second-order valence-electron chi connectivity index (χ2n) is 6.06. The predicted octanol–water partition coefficient (Wildman–Crippen LogP) is 4.50. The largest absolute Gasteiger partial charge is 0.479 e. The minimum atomic E-state index is -0.892. The first-order chi connectivity index (χ1) is 14.2. The van der Waals surface area contributed by atoms with E-state index in [0.29, 0.717) is 26.3 Å². The fraction of sp³-hybridized carbons (Fsp3) is 0.158. The highest BCUT2D eigenvalue weighted by Gasteiger charge is 2.17. The van der Waals surface area contributed by atoms with E-state index in [-0.39, 0.29) is 15.8 Å². The second kappa shape index (κ2) is 9.61. The molecule has 0 radical (unpaired) electrons. The molecule has 1 unspecified atom stereocenters. The highest BCUT2D eigenvalue weighted by Crippen LogP contribution is 2.28. The molecule has 0 aliphatic carbocycles. The zero-order valence-corrected chi connectivity index (χ0v) is 18.8. The average Bonchev–Trinajstić information content (AvgIpc) is 3.13. The van der Waals surface area contributed by atoms with Gasteiger partial charge in [-0.2, -0.15) is 5.10 Å². The highest BCUT2D eigenvalue weighted by atomic mass is 35.5. The van der Waals surface area contributed by atoms with Gasteiger partial charge in [0.2, 0.25) is 4.80 Å². The molecule has 2 aromatic carbocycles. The lowest BCUT2D eigenvalue weighted by Crippen LogP contribution is -2.35. The van der Waals surface area contributed by atoms with Gasteiger partial charge in [-0.25, -0.2) is 10.1 Å². The molecule has 0 aliphatic rings. The van der Waals surface area contributed by atoms with Gasteiger partial charge in [-0.05, 0) is 49.4 Å². The summed E-state index contributed by atoms with van der Waals surface area (Å²) in [6, 6.07) is 11.5. The number of aromatic nitrogens is 2. The number of nitrogens with zero attached hydrogens (tertiary/aromatic N) is 3. The normalized spacial score (nSPS) is 12.5. The summed E-state index contributed by atoms with van der Waals surface area (Å²) in [6.07, 6.45) is -0.892. The molecular weight excluding hydrogens is 471 g/mol. The van der Waals surface area contributed by atoms with Crippen LogP contribution in [0.4, 0.5) is 0 Å². The molecule has 3 aromatic rings. The number of rotatable bonds is 6. The zero-order valence-electron chi connectivity index (χ0n) is 15.7. The van der Waals surface area contributed by atoms with Crippen molar-refractivity contribution in [2.75, 3.05) is 0 Å². The summed E-state index contributed by atoms with van der Waals surface area (Å²) < 4.78 is 7.02. The number of Topliss-reactive ketones (excluding diaryl/α,β-unsaturated/α-hetero) is 1. The Labute approximate surface area is 190 Å². The fourth-order valence-electron chi connectivity index (χ4n) is 2.26. The van der Waals surface area contributed by atoms with E-state index < -0.39 is 12.0 Å². The van der Waals surface area contributed by atoms with Crippen molar-refractivity contribution in [3.63, 3.8) is 0 Å². The molecule has 3 rings (SSSR count). The number of ketones is 1. The molecule has 0 fully saturated rings. The van der Waals surface area contributed by atoms with Crippen molar-refractivity contribution in [1.82, 2.24) is 15.2 Å². The van der Waals surface area contributed by atoms with E-state index in [9.17, 15) is 9.59 Å². The van der Waals surface area contributed by atoms with Gasteiger partial charge in [0.15, 0.2) is 16.9 Å². The first-order valence-corrected chi connectivity index (χ1v) is 10.5. The molecule has 7 nitrogen and oxygen atoms in total. The Morgan fingerprint density at radius 1 is 1.13 bits per heavy atom. The Morgan fingerprint density at radius 3 is 2.43 bits per heavy atom. The van der Waals surface area contributed by atoms with Crippen LogP contribution in [-0.4, -0.2) is 27.6 Å². The lowest BCUT2D eigenvalue weighted by Gasteiger charge is -2.14.